The molecule has 0 atom stereocenters. The molecular weight excluding hydrogens is 521 g/mol. The molecule has 32 heavy (non-hydrogen) atoms. The van der Waals surface area contributed by atoms with Gasteiger partial charge in [0.2, 0.25) is 5.90 Å². The standard InChI is InChI=1S/C25H18INO5/c1-30-22-14-16(13-20-25(29)32-24(27-20)18-10-6-3-7-11-18)12-19(26)23(22)31-15-21(28)17-8-4-2-5-9-17/h2-14H,15H2,1H3/b20-13-. The van der Waals surface area contributed by atoms with Crippen LogP contribution in [0.4, 0.5) is 0 Å². The highest BCUT2D eigenvalue weighted by Crippen LogP contribution is 2.35. The smallest absolute Gasteiger partial charge is 0.363 e. The van der Waals surface area contributed by atoms with Crippen LogP contribution in [0.5, 0.6) is 11.5 Å². The van der Waals surface area contributed by atoms with E-state index >= 15 is 0 Å². The molecular formula is C25H18INO5. The first-order valence-electron chi connectivity index (χ1n) is 9.71. The summed E-state index contributed by atoms with van der Waals surface area (Å²) in [7, 11) is 1.52. The van der Waals surface area contributed by atoms with Crippen LogP contribution in [0.15, 0.2) is 83.5 Å². The van der Waals surface area contributed by atoms with E-state index < -0.39 is 5.97 Å². The van der Waals surface area contributed by atoms with Crippen molar-refractivity contribution in [3.05, 3.63) is 98.8 Å². The van der Waals surface area contributed by atoms with Gasteiger partial charge in [-0.2, -0.15) is 0 Å². The summed E-state index contributed by atoms with van der Waals surface area (Å²) in [5.41, 5.74) is 2.19. The highest BCUT2D eigenvalue weighted by atomic mass is 127. The second kappa shape index (κ2) is 9.78. The van der Waals surface area contributed by atoms with Gasteiger partial charge in [0, 0.05) is 11.1 Å². The van der Waals surface area contributed by atoms with Gasteiger partial charge in [0.15, 0.2) is 29.6 Å². The number of ketones is 1. The van der Waals surface area contributed by atoms with E-state index in [9.17, 15) is 9.59 Å². The fraction of sp³-hybridized carbons (Fsp3) is 0.0800. The van der Waals surface area contributed by atoms with Crippen LogP contribution in [0.1, 0.15) is 21.5 Å². The lowest BCUT2D eigenvalue weighted by Crippen LogP contribution is -2.12. The number of hydrogen-bond donors (Lipinski definition) is 0. The first-order chi connectivity index (χ1) is 15.5. The highest BCUT2D eigenvalue weighted by Gasteiger charge is 2.24. The summed E-state index contributed by atoms with van der Waals surface area (Å²) < 4.78 is 17.3. The molecule has 3 aromatic carbocycles. The zero-order chi connectivity index (χ0) is 22.5. The van der Waals surface area contributed by atoms with Crippen LogP contribution in [-0.4, -0.2) is 31.4 Å². The molecule has 6 nitrogen and oxygen atoms in total. The Hall–Kier alpha value is -3.46. The van der Waals surface area contributed by atoms with Crippen molar-refractivity contribution in [2.75, 3.05) is 13.7 Å². The van der Waals surface area contributed by atoms with Crippen LogP contribution in [0.3, 0.4) is 0 Å². The van der Waals surface area contributed by atoms with E-state index in [0.717, 1.165) is 9.13 Å². The fourth-order valence-electron chi connectivity index (χ4n) is 3.08. The number of nitrogens with zero attached hydrogens (tertiary/aromatic N) is 1. The van der Waals surface area contributed by atoms with Crippen molar-refractivity contribution in [2.45, 2.75) is 0 Å². The van der Waals surface area contributed by atoms with Gasteiger partial charge in [0.25, 0.3) is 0 Å². The number of rotatable bonds is 7. The number of hydrogen-bond acceptors (Lipinski definition) is 6. The molecule has 1 aliphatic rings. The molecule has 0 unspecified atom stereocenters. The Morgan fingerprint density at radius 1 is 1.06 bits per heavy atom. The first kappa shape index (κ1) is 21.8. The van der Waals surface area contributed by atoms with Gasteiger partial charge in [-0.3, -0.25) is 4.79 Å². The number of carbonyl (C=O) groups excluding carboxylic acids is 2. The monoisotopic (exact) mass is 539 g/mol. The Morgan fingerprint density at radius 2 is 1.75 bits per heavy atom. The number of methoxy groups -OCH3 is 1. The van der Waals surface area contributed by atoms with Crippen LogP contribution in [0.2, 0.25) is 0 Å². The van der Waals surface area contributed by atoms with Crippen LogP contribution < -0.4 is 9.47 Å². The van der Waals surface area contributed by atoms with Crippen molar-refractivity contribution >= 4 is 46.3 Å². The van der Waals surface area contributed by atoms with Gasteiger partial charge >= 0.3 is 5.97 Å². The van der Waals surface area contributed by atoms with E-state index in [-0.39, 0.29) is 24.0 Å². The summed E-state index contributed by atoms with van der Waals surface area (Å²) in [4.78, 5) is 29.0. The van der Waals surface area contributed by atoms with Gasteiger partial charge in [-0.15, -0.1) is 0 Å². The van der Waals surface area contributed by atoms with Gasteiger partial charge < -0.3 is 14.2 Å². The van der Waals surface area contributed by atoms with E-state index in [4.69, 9.17) is 14.2 Å². The maximum atomic E-state index is 12.4. The first-order valence-corrected chi connectivity index (χ1v) is 10.8. The number of ether oxygens (including phenoxy) is 3. The summed E-state index contributed by atoms with van der Waals surface area (Å²) in [6.07, 6.45) is 1.63. The van der Waals surface area contributed by atoms with Crippen LogP contribution in [0.25, 0.3) is 6.08 Å². The number of carbonyl (C=O) groups is 2. The lowest BCUT2D eigenvalue weighted by molar-refractivity contribution is -0.129. The average molecular weight is 539 g/mol. The van der Waals surface area contributed by atoms with Crippen molar-refractivity contribution in [1.82, 2.24) is 0 Å². The minimum Gasteiger partial charge on any atom is -0.493 e. The summed E-state index contributed by atoms with van der Waals surface area (Å²) in [5, 5.41) is 0. The number of halogens is 1. The third-order valence-corrected chi connectivity index (χ3v) is 5.44. The maximum Gasteiger partial charge on any atom is 0.363 e. The van der Waals surface area contributed by atoms with Gasteiger partial charge in [0.05, 0.1) is 10.7 Å². The molecule has 0 saturated carbocycles. The average Bonchev–Trinajstić information content (AvgIpc) is 3.19. The number of Topliss-reactive ketones (excluding diaryl/α,β-unsaturated/α-hetero) is 1. The minimum absolute atomic E-state index is 0.117. The van der Waals surface area contributed by atoms with Crippen molar-refractivity contribution in [1.29, 1.82) is 0 Å². The molecule has 3 aromatic rings. The predicted molar refractivity (Wildman–Crippen MR) is 129 cm³/mol. The third kappa shape index (κ3) is 4.88. The second-order valence-corrected chi connectivity index (χ2v) is 7.98. The van der Waals surface area contributed by atoms with Gasteiger partial charge in [0.1, 0.15) is 0 Å². The van der Waals surface area contributed by atoms with Crippen molar-refractivity contribution < 1.29 is 23.8 Å². The molecule has 4 rings (SSSR count). The number of aliphatic imine (C=N–C) groups is 1. The Balaban J connectivity index is 1.56. The molecule has 0 spiro atoms. The molecule has 0 aliphatic carbocycles. The van der Waals surface area contributed by atoms with Gasteiger partial charge in [-0.25, -0.2) is 9.79 Å². The summed E-state index contributed by atoms with van der Waals surface area (Å²) in [5.74, 6) is 0.519. The van der Waals surface area contributed by atoms with E-state index in [1.807, 2.05) is 42.5 Å². The third-order valence-electron chi connectivity index (χ3n) is 4.64. The van der Waals surface area contributed by atoms with Gasteiger partial charge in [-0.1, -0.05) is 48.5 Å². The van der Waals surface area contributed by atoms with Crippen LogP contribution in [-0.2, 0) is 9.53 Å². The molecule has 0 amide bonds. The fourth-order valence-corrected chi connectivity index (χ4v) is 3.86. The molecule has 0 bridgehead atoms. The Morgan fingerprint density at radius 3 is 2.44 bits per heavy atom. The highest BCUT2D eigenvalue weighted by molar-refractivity contribution is 14.1. The van der Waals surface area contributed by atoms with Crippen LogP contribution in [0, 0.1) is 3.57 Å². The summed E-state index contributed by atoms with van der Waals surface area (Å²) in [6, 6.07) is 21.7. The van der Waals surface area contributed by atoms with Crippen molar-refractivity contribution in [3.63, 3.8) is 0 Å². The maximum absolute atomic E-state index is 12.4. The zero-order valence-electron chi connectivity index (χ0n) is 17.1. The van der Waals surface area contributed by atoms with E-state index in [0.29, 0.717) is 22.6 Å². The van der Waals surface area contributed by atoms with E-state index in [1.165, 1.54) is 7.11 Å². The number of benzene rings is 3. The minimum atomic E-state index is -0.522. The lowest BCUT2D eigenvalue weighted by Gasteiger charge is -2.13. The summed E-state index contributed by atoms with van der Waals surface area (Å²) >= 11 is 2.10. The van der Waals surface area contributed by atoms with Crippen molar-refractivity contribution in [2.24, 2.45) is 4.99 Å². The molecule has 0 aromatic heterocycles. The molecule has 0 fully saturated rings. The molecule has 0 saturated heterocycles. The van der Waals surface area contributed by atoms with Crippen LogP contribution >= 0.6 is 22.6 Å². The molecule has 0 radical (unpaired) electrons. The molecule has 160 valence electrons. The van der Waals surface area contributed by atoms with Crippen molar-refractivity contribution in [3.8, 4) is 11.5 Å². The topological polar surface area (TPSA) is 74.2 Å². The van der Waals surface area contributed by atoms with Gasteiger partial charge in [-0.05, 0) is 58.5 Å². The lowest BCUT2D eigenvalue weighted by atomic mass is 10.1. The molecule has 7 heteroatoms. The molecule has 1 aliphatic heterocycles. The molecule has 0 N–H and O–H groups in total. The second-order valence-electron chi connectivity index (χ2n) is 6.81. The quantitative estimate of drug-likeness (QED) is 0.185. The van der Waals surface area contributed by atoms with E-state index in [2.05, 4.69) is 27.6 Å². The predicted octanol–water partition coefficient (Wildman–Crippen LogP) is 4.91. The zero-order valence-corrected chi connectivity index (χ0v) is 19.2. The van der Waals surface area contributed by atoms with E-state index in [1.54, 1.807) is 36.4 Å². The SMILES string of the molecule is COc1cc(/C=C2\N=C(c3ccccc3)OC2=O)cc(I)c1OCC(=O)c1ccccc1. The Labute approximate surface area is 198 Å². The molecule has 1 heterocycles. The Kier molecular flexibility index (Phi) is 6.65. The normalized spacial score (nSPS) is 14.1. The number of cyclic esters (lactones) is 1. The Bertz CT molecular complexity index is 1220. The number of esters is 1. The summed E-state index contributed by atoms with van der Waals surface area (Å²) in [6.45, 7) is -0.117. The largest absolute Gasteiger partial charge is 0.493 e.